The van der Waals surface area contributed by atoms with Crippen molar-refractivity contribution in [2.45, 2.75) is 40.5 Å². The molecular formula is C46H54N4O8. The van der Waals surface area contributed by atoms with Gasteiger partial charge in [-0.15, -0.1) is 0 Å². The van der Waals surface area contributed by atoms with Crippen LogP contribution in [-0.2, 0) is 12.8 Å². The summed E-state index contributed by atoms with van der Waals surface area (Å²) in [5, 5.41) is 11.5. The first kappa shape index (κ1) is 42.6. The predicted molar refractivity (Wildman–Crippen MR) is 228 cm³/mol. The number of hydrogen-bond acceptors (Lipinski definition) is 8. The molecular weight excluding hydrogens is 737 g/mol. The zero-order valence-electron chi connectivity index (χ0n) is 34.6. The summed E-state index contributed by atoms with van der Waals surface area (Å²) in [6, 6.07) is 26.2. The van der Waals surface area contributed by atoms with Crippen LogP contribution in [0.1, 0.15) is 44.5 Å². The van der Waals surface area contributed by atoms with Crippen LogP contribution < -0.4 is 49.7 Å². The van der Waals surface area contributed by atoms with Crippen LogP contribution in [0.3, 0.4) is 0 Å². The van der Waals surface area contributed by atoms with Gasteiger partial charge in [-0.2, -0.15) is 0 Å². The summed E-state index contributed by atoms with van der Waals surface area (Å²) in [5.74, 6) is 4.05. The minimum atomic E-state index is -0.338. The Labute approximate surface area is 341 Å². The molecule has 4 amide bonds. The highest BCUT2D eigenvalue weighted by atomic mass is 16.5. The Bertz CT molecular complexity index is 2020. The number of benzene rings is 5. The summed E-state index contributed by atoms with van der Waals surface area (Å²) in [6.45, 7) is 8.76. The van der Waals surface area contributed by atoms with Gasteiger partial charge in [-0.05, 0) is 99.5 Å². The summed E-state index contributed by atoms with van der Waals surface area (Å²) in [5.41, 5.74) is 8.85. The quantitative estimate of drug-likeness (QED) is 0.0649. The Morgan fingerprint density at radius 3 is 1.12 bits per heavy atom. The van der Waals surface area contributed by atoms with Crippen LogP contribution in [0.5, 0.6) is 34.5 Å². The Balaban J connectivity index is 1.45. The van der Waals surface area contributed by atoms with E-state index in [1.54, 1.807) is 28.4 Å². The van der Waals surface area contributed by atoms with E-state index < -0.39 is 0 Å². The fourth-order valence-corrected chi connectivity index (χ4v) is 6.38. The average molecular weight is 791 g/mol. The molecule has 0 radical (unpaired) electrons. The van der Waals surface area contributed by atoms with Crippen molar-refractivity contribution >= 4 is 23.4 Å². The summed E-state index contributed by atoms with van der Waals surface area (Å²) in [7, 11) is 6.55. The van der Waals surface area contributed by atoms with Crippen molar-refractivity contribution in [1.29, 1.82) is 0 Å². The lowest BCUT2D eigenvalue weighted by Crippen LogP contribution is -2.32. The van der Waals surface area contributed by atoms with Crippen molar-refractivity contribution in [3.63, 3.8) is 0 Å². The van der Waals surface area contributed by atoms with Crippen molar-refractivity contribution < 1.29 is 38.0 Å². The second-order valence-electron chi connectivity index (χ2n) is 13.9. The smallest absolute Gasteiger partial charge is 0.319 e. The van der Waals surface area contributed by atoms with Gasteiger partial charge in [0.2, 0.25) is 0 Å². The van der Waals surface area contributed by atoms with Gasteiger partial charge >= 0.3 is 12.1 Å². The van der Waals surface area contributed by atoms with Crippen molar-refractivity contribution in [2.24, 2.45) is 0 Å². The van der Waals surface area contributed by atoms with Gasteiger partial charge < -0.3 is 49.7 Å². The summed E-state index contributed by atoms with van der Waals surface area (Å²) < 4.78 is 35.9. The molecule has 5 aromatic rings. The van der Waals surface area contributed by atoms with Crippen LogP contribution in [0.2, 0.25) is 0 Å². The third-order valence-electron chi connectivity index (χ3n) is 9.51. The van der Waals surface area contributed by atoms with Gasteiger partial charge in [0.1, 0.15) is 47.7 Å². The molecule has 0 aliphatic rings. The van der Waals surface area contributed by atoms with Crippen LogP contribution in [0.15, 0.2) is 84.9 Å². The van der Waals surface area contributed by atoms with Gasteiger partial charge in [-0.1, -0.05) is 35.4 Å². The van der Waals surface area contributed by atoms with E-state index in [2.05, 4.69) is 21.3 Å². The lowest BCUT2D eigenvalue weighted by Gasteiger charge is -2.20. The zero-order valence-corrected chi connectivity index (χ0v) is 34.6. The maximum Gasteiger partial charge on any atom is 0.319 e. The van der Waals surface area contributed by atoms with E-state index in [1.165, 1.54) is 0 Å². The summed E-state index contributed by atoms with van der Waals surface area (Å²) in [4.78, 5) is 25.4. The second kappa shape index (κ2) is 20.6. The van der Waals surface area contributed by atoms with E-state index in [9.17, 15) is 9.59 Å². The molecule has 0 aromatic heterocycles. The lowest BCUT2D eigenvalue weighted by atomic mass is 9.96. The normalized spacial score (nSPS) is 10.6. The lowest BCUT2D eigenvalue weighted by molar-refractivity contribution is 0.246. The van der Waals surface area contributed by atoms with E-state index >= 15 is 0 Å². The van der Waals surface area contributed by atoms with Crippen molar-refractivity contribution in [3.05, 3.63) is 129 Å². The molecule has 0 spiro atoms. The van der Waals surface area contributed by atoms with E-state index in [-0.39, 0.29) is 38.4 Å². The molecule has 12 heteroatoms. The minimum Gasteiger partial charge on any atom is -0.496 e. The van der Waals surface area contributed by atoms with Crippen LogP contribution in [0.4, 0.5) is 21.0 Å². The Kier molecular flexibility index (Phi) is 15.1. The molecule has 58 heavy (non-hydrogen) atoms. The molecule has 0 atom stereocenters. The van der Waals surface area contributed by atoms with Crippen molar-refractivity contribution in [1.82, 2.24) is 10.6 Å². The van der Waals surface area contributed by atoms with Crippen LogP contribution >= 0.6 is 0 Å². The number of rotatable bonds is 18. The summed E-state index contributed by atoms with van der Waals surface area (Å²) >= 11 is 0. The Morgan fingerprint density at radius 2 is 0.776 bits per heavy atom. The molecule has 0 aliphatic heterocycles. The maximum absolute atomic E-state index is 12.7. The van der Waals surface area contributed by atoms with Gasteiger partial charge in [-0.3, -0.25) is 0 Å². The Morgan fingerprint density at radius 1 is 0.448 bits per heavy atom. The molecule has 0 saturated heterocycles. The minimum absolute atomic E-state index is 0.185. The SMILES string of the molecule is COc1cc(Cc2cc(OCCNC(=O)Nc3ccc(C)cc3)c(Cc3cc(OC)c(C)cc3OC)cc2OCCNC(=O)Nc2ccc(C)cc2)c(OC)cc1C. The van der Waals surface area contributed by atoms with E-state index in [0.29, 0.717) is 47.2 Å². The van der Waals surface area contributed by atoms with Gasteiger partial charge in [0.25, 0.3) is 0 Å². The molecule has 4 N–H and O–H groups in total. The third-order valence-corrected chi connectivity index (χ3v) is 9.51. The molecule has 0 bridgehead atoms. The molecule has 0 saturated carbocycles. The molecule has 0 unspecified atom stereocenters. The van der Waals surface area contributed by atoms with Crippen molar-refractivity contribution in [3.8, 4) is 34.5 Å². The molecule has 306 valence electrons. The van der Waals surface area contributed by atoms with Crippen LogP contribution in [-0.4, -0.2) is 66.8 Å². The van der Waals surface area contributed by atoms with Gasteiger partial charge in [0, 0.05) is 46.5 Å². The molecule has 5 rings (SSSR count). The van der Waals surface area contributed by atoms with Gasteiger partial charge in [0.15, 0.2) is 0 Å². The van der Waals surface area contributed by atoms with Gasteiger partial charge in [-0.25, -0.2) is 9.59 Å². The number of anilines is 2. The van der Waals surface area contributed by atoms with Gasteiger partial charge in [0.05, 0.1) is 41.5 Å². The molecule has 12 nitrogen and oxygen atoms in total. The highest BCUT2D eigenvalue weighted by Gasteiger charge is 2.19. The molecule has 0 heterocycles. The monoisotopic (exact) mass is 790 g/mol. The number of nitrogens with one attached hydrogen (secondary N) is 4. The first-order chi connectivity index (χ1) is 28.0. The van der Waals surface area contributed by atoms with Crippen molar-refractivity contribution in [2.75, 3.05) is 65.4 Å². The fourth-order valence-electron chi connectivity index (χ4n) is 6.38. The van der Waals surface area contributed by atoms with Crippen LogP contribution in [0.25, 0.3) is 0 Å². The number of hydrogen-bond donors (Lipinski definition) is 4. The standard InChI is InChI=1S/C46H54N4O8/c1-29-9-13-37(14-10-29)49-45(51)47-17-19-57-43-27-36(24-34-26-40(54-6)32(4)22-42(34)56-8)44(58-20-18-48-46(52)50-38-15-11-30(2)12-16-38)28-35(43)23-33-25-39(53-5)31(3)21-41(33)55-7/h9-16,21-22,25-28H,17-20,23-24H2,1-8H3,(H2,47,49,51)(H2,48,50,52). The number of methoxy groups -OCH3 is 4. The third kappa shape index (κ3) is 11.7. The highest BCUT2D eigenvalue weighted by molar-refractivity contribution is 5.89. The first-order valence-electron chi connectivity index (χ1n) is 19.1. The average Bonchev–Trinajstić information content (AvgIpc) is 3.21. The molecule has 5 aromatic carbocycles. The second-order valence-corrected chi connectivity index (χ2v) is 13.9. The fraction of sp³-hybridized carbons (Fsp3) is 0.304. The van der Waals surface area contributed by atoms with E-state index in [4.69, 9.17) is 28.4 Å². The number of amides is 4. The number of carbonyl (C=O) groups excluding carboxylic acids is 2. The topological polar surface area (TPSA) is 138 Å². The highest BCUT2D eigenvalue weighted by Crippen LogP contribution is 2.38. The number of aryl methyl sites for hydroxylation is 4. The number of urea groups is 2. The number of carbonyl (C=O) groups is 2. The largest absolute Gasteiger partial charge is 0.496 e. The molecule has 0 aliphatic carbocycles. The summed E-state index contributed by atoms with van der Waals surface area (Å²) in [6.07, 6.45) is 0.817. The first-order valence-corrected chi connectivity index (χ1v) is 19.1. The van der Waals surface area contributed by atoms with E-state index in [0.717, 1.165) is 56.0 Å². The zero-order chi connectivity index (χ0) is 41.6. The Hall–Kier alpha value is -6.56. The predicted octanol–water partition coefficient (Wildman–Crippen LogP) is 8.54. The van der Waals surface area contributed by atoms with E-state index in [1.807, 2.05) is 113 Å². The number of ether oxygens (including phenoxy) is 6. The van der Waals surface area contributed by atoms with Crippen LogP contribution in [0, 0.1) is 27.7 Å². The maximum atomic E-state index is 12.7. The molecule has 0 fully saturated rings.